The van der Waals surface area contributed by atoms with E-state index in [0.29, 0.717) is 11.3 Å². The Bertz CT molecular complexity index is 589. The van der Waals surface area contributed by atoms with E-state index in [9.17, 15) is 23.2 Å². The minimum absolute atomic E-state index is 0.111. The molecule has 0 radical (unpaired) electrons. The molecule has 0 saturated carbocycles. The molecule has 0 spiro atoms. The van der Waals surface area contributed by atoms with Crippen molar-refractivity contribution in [1.82, 2.24) is 5.32 Å². The van der Waals surface area contributed by atoms with Crippen molar-refractivity contribution in [2.24, 2.45) is 5.92 Å². The zero-order chi connectivity index (χ0) is 14.9. The van der Waals surface area contributed by atoms with Crippen LogP contribution in [0.5, 0.6) is 0 Å². The lowest BCUT2D eigenvalue weighted by Gasteiger charge is -2.30. The van der Waals surface area contributed by atoms with Crippen LogP contribution < -0.4 is 10.2 Å². The number of anilines is 1. The van der Waals surface area contributed by atoms with E-state index in [1.165, 1.54) is 0 Å². The first-order valence-corrected chi connectivity index (χ1v) is 6.09. The number of imide groups is 2. The van der Waals surface area contributed by atoms with Crippen LogP contribution in [-0.2, 0) is 9.59 Å². The monoisotopic (exact) mass is 282 g/mol. The average molecular weight is 282 g/mol. The Morgan fingerprint density at radius 3 is 2.50 bits per heavy atom. The van der Waals surface area contributed by atoms with Gasteiger partial charge in [-0.25, -0.2) is 18.5 Å². The smallest absolute Gasteiger partial charge is 0.277 e. The highest BCUT2D eigenvalue weighted by Gasteiger charge is 2.40. The minimum Gasteiger partial charge on any atom is -0.277 e. The molecule has 5 nitrogen and oxygen atoms in total. The van der Waals surface area contributed by atoms with Gasteiger partial charge in [0, 0.05) is 6.07 Å². The largest absolute Gasteiger partial charge is 0.335 e. The Morgan fingerprint density at radius 1 is 1.20 bits per heavy atom. The summed E-state index contributed by atoms with van der Waals surface area (Å²) in [7, 11) is 0. The van der Waals surface area contributed by atoms with Crippen LogP contribution in [0.2, 0.25) is 0 Å². The number of amides is 4. The molecular formula is C13H12F2N2O3. The maximum atomic E-state index is 13.2. The van der Waals surface area contributed by atoms with Crippen LogP contribution in [-0.4, -0.2) is 17.8 Å². The topological polar surface area (TPSA) is 66.5 Å². The van der Waals surface area contributed by atoms with E-state index in [4.69, 9.17) is 0 Å². The van der Waals surface area contributed by atoms with Crippen molar-refractivity contribution in [3.05, 3.63) is 29.8 Å². The normalized spacial score (nSPS) is 19.2. The van der Waals surface area contributed by atoms with Gasteiger partial charge >= 0.3 is 6.03 Å². The lowest BCUT2D eigenvalue weighted by atomic mass is 9.99. The first-order valence-electron chi connectivity index (χ1n) is 6.09. The molecule has 1 N–H and O–H groups in total. The molecule has 1 aromatic carbocycles. The van der Waals surface area contributed by atoms with Crippen molar-refractivity contribution >= 4 is 23.5 Å². The highest BCUT2D eigenvalue weighted by atomic mass is 19.2. The van der Waals surface area contributed by atoms with E-state index in [-0.39, 0.29) is 12.1 Å². The minimum atomic E-state index is -1.17. The van der Waals surface area contributed by atoms with Gasteiger partial charge in [0.05, 0.1) is 5.69 Å². The quantitative estimate of drug-likeness (QED) is 0.862. The van der Waals surface area contributed by atoms with E-state index in [1.54, 1.807) is 6.92 Å². The Hall–Kier alpha value is -2.31. The fourth-order valence-corrected chi connectivity index (χ4v) is 2.03. The summed E-state index contributed by atoms with van der Waals surface area (Å²) in [6, 6.07) is 1.70. The second-order valence-electron chi connectivity index (χ2n) is 4.41. The van der Waals surface area contributed by atoms with E-state index >= 15 is 0 Å². The molecular weight excluding hydrogens is 270 g/mol. The lowest BCUT2D eigenvalue weighted by molar-refractivity contribution is -0.134. The number of hydrogen-bond donors (Lipinski definition) is 1. The van der Waals surface area contributed by atoms with Gasteiger partial charge in [-0.2, -0.15) is 0 Å². The second kappa shape index (κ2) is 5.36. The molecule has 1 heterocycles. The third-order valence-corrected chi connectivity index (χ3v) is 3.01. The lowest BCUT2D eigenvalue weighted by Crippen LogP contribution is -2.58. The number of halogens is 2. The van der Waals surface area contributed by atoms with Gasteiger partial charge in [-0.3, -0.25) is 14.9 Å². The Kier molecular flexibility index (Phi) is 3.78. The molecule has 2 rings (SSSR count). The van der Waals surface area contributed by atoms with Gasteiger partial charge in [0.15, 0.2) is 11.6 Å². The van der Waals surface area contributed by atoms with Crippen LogP contribution in [0.4, 0.5) is 19.3 Å². The van der Waals surface area contributed by atoms with Crippen LogP contribution in [0.3, 0.4) is 0 Å². The van der Waals surface area contributed by atoms with Crippen LogP contribution in [0.1, 0.15) is 19.8 Å². The van der Waals surface area contributed by atoms with Gasteiger partial charge in [0.1, 0.15) is 5.92 Å². The molecule has 1 aliphatic rings. The molecule has 1 aliphatic heterocycles. The standard InChI is InChI=1S/C13H12F2N2O3/c1-2-3-8-11(18)16-13(20)17(12(8)19)7-4-5-9(14)10(15)6-7/h4-6,8H,2-3H2,1H3,(H,16,18,20). The molecule has 0 aliphatic carbocycles. The SMILES string of the molecule is CCCC1C(=O)NC(=O)N(c2ccc(F)c(F)c2)C1=O. The number of nitrogens with one attached hydrogen (secondary N) is 1. The summed E-state index contributed by atoms with van der Waals surface area (Å²) in [4.78, 5) is 36.1. The molecule has 7 heteroatoms. The van der Waals surface area contributed by atoms with Crippen molar-refractivity contribution in [1.29, 1.82) is 0 Å². The van der Waals surface area contributed by atoms with Gasteiger partial charge in [0.25, 0.3) is 0 Å². The maximum absolute atomic E-state index is 13.2. The number of carbonyl (C=O) groups excluding carboxylic acids is 3. The van der Waals surface area contributed by atoms with Crippen LogP contribution >= 0.6 is 0 Å². The van der Waals surface area contributed by atoms with Gasteiger partial charge in [-0.15, -0.1) is 0 Å². The van der Waals surface area contributed by atoms with E-state index < -0.39 is 35.4 Å². The van der Waals surface area contributed by atoms with E-state index in [0.717, 1.165) is 18.2 Å². The van der Waals surface area contributed by atoms with Crippen LogP contribution in [0.25, 0.3) is 0 Å². The van der Waals surface area contributed by atoms with Crippen LogP contribution in [0, 0.1) is 17.6 Å². The number of benzene rings is 1. The first kappa shape index (κ1) is 14.1. The highest BCUT2D eigenvalue weighted by molar-refractivity contribution is 6.27. The molecule has 0 bridgehead atoms. The summed E-state index contributed by atoms with van der Waals surface area (Å²) in [5.41, 5.74) is -0.111. The summed E-state index contributed by atoms with van der Waals surface area (Å²) in [5.74, 6) is -4.65. The van der Waals surface area contributed by atoms with Gasteiger partial charge in [-0.1, -0.05) is 13.3 Å². The zero-order valence-corrected chi connectivity index (χ0v) is 10.7. The van der Waals surface area contributed by atoms with Gasteiger partial charge in [-0.05, 0) is 18.6 Å². The van der Waals surface area contributed by atoms with Gasteiger partial charge in [0.2, 0.25) is 11.8 Å². The number of barbiturate groups is 1. The third-order valence-electron chi connectivity index (χ3n) is 3.01. The fourth-order valence-electron chi connectivity index (χ4n) is 2.03. The molecule has 20 heavy (non-hydrogen) atoms. The average Bonchev–Trinajstić information content (AvgIpc) is 2.38. The maximum Gasteiger partial charge on any atom is 0.335 e. The summed E-state index contributed by atoms with van der Waals surface area (Å²) >= 11 is 0. The summed E-state index contributed by atoms with van der Waals surface area (Å²) < 4.78 is 26.1. The van der Waals surface area contributed by atoms with E-state index in [1.807, 2.05) is 5.32 Å². The fraction of sp³-hybridized carbons (Fsp3) is 0.308. The number of rotatable bonds is 3. The zero-order valence-electron chi connectivity index (χ0n) is 10.7. The molecule has 106 valence electrons. The molecule has 4 amide bonds. The van der Waals surface area contributed by atoms with Crippen molar-refractivity contribution in [2.45, 2.75) is 19.8 Å². The Labute approximate surface area is 113 Å². The number of urea groups is 1. The van der Waals surface area contributed by atoms with Crippen LogP contribution in [0.15, 0.2) is 18.2 Å². The van der Waals surface area contributed by atoms with Gasteiger partial charge < -0.3 is 0 Å². The number of carbonyl (C=O) groups is 3. The predicted molar refractivity (Wildman–Crippen MR) is 65.8 cm³/mol. The third kappa shape index (κ3) is 2.38. The van der Waals surface area contributed by atoms with E-state index in [2.05, 4.69) is 0 Å². The summed E-state index contributed by atoms with van der Waals surface area (Å²) in [5, 5.41) is 2.04. The second-order valence-corrected chi connectivity index (χ2v) is 4.41. The van der Waals surface area contributed by atoms with Crippen molar-refractivity contribution in [2.75, 3.05) is 4.90 Å². The Morgan fingerprint density at radius 2 is 1.90 bits per heavy atom. The highest BCUT2D eigenvalue weighted by Crippen LogP contribution is 2.24. The first-order chi connectivity index (χ1) is 9.45. The molecule has 1 saturated heterocycles. The predicted octanol–water partition coefficient (Wildman–Crippen LogP) is 1.96. The Balaban J connectivity index is 2.38. The van der Waals surface area contributed by atoms with Crippen molar-refractivity contribution in [3.63, 3.8) is 0 Å². The molecule has 1 atom stereocenters. The molecule has 1 unspecified atom stereocenters. The molecule has 1 aromatic rings. The number of hydrogen-bond acceptors (Lipinski definition) is 3. The summed E-state index contributed by atoms with van der Waals surface area (Å²) in [6.07, 6.45) is 0.849. The number of nitrogens with zero attached hydrogens (tertiary/aromatic N) is 1. The van der Waals surface area contributed by atoms with Crippen molar-refractivity contribution < 1.29 is 23.2 Å². The van der Waals surface area contributed by atoms with Crippen molar-refractivity contribution in [3.8, 4) is 0 Å². The molecule has 0 aromatic heterocycles. The summed E-state index contributed by atoms with van der Waals surface area (Å²) in [6.45, 7) is 1.79. The molecule has 1 fully saturated rings.